The molecule has 2 aliphatic rings. The van der Waals surface area contributed by atoms with Gasteiger partial charge in [0.25, 0.3) is 0 Å². The Morgan fingerprint density at radius 1 is 1.16 bits per heavy atom. The molecule has 2 fully saturated rings. The molecule has 3 heteroatoms. The summed E-state index contributed by atoms with van der Waals surface area (Å²) in [6.07, 6.45) is 8.90. The molecule has 0 aromatic rings. The third-order valence-corrected chi connectivity index (χ3v) is 5.31. The maximum atomic E-state index is 6.22. The first-order chi connectivity index (χ1) is 9.11. The van der Waals surface area contributed by atoms with Crippen molar-refractivity contribution in [2.45, 2.75) is 77.4 Å². The van der Waals surface area contributed by atoms with Gasteiger partial charge in [-0.25, -0.2) is 0 Å². The molecule has 2 saturated carbocycles. The van der Waals surface area contributed by atoms with Crippen LogP contribution in [0.5, 0.6) is 0 Å². The van der Waals surface area contributed by atoms with Crippen molar-refractivity contribution in [3.05, 3.63) is 0 Å². The average molecular weight is 268 g/mol. The minimum Gasteiger partial charge on any atom is -0.374 e. The molecule has 0 aliphatic heterocycles. The van der Waals surface area contributed by atoms with Gasteiger partial charge in [0, 0.05) is 6.61 Å². The number of hydrogen-bond donors (Lipinski definition) is 2. The summed E-state index contributed by atoms with van der Waals surface area (Å²) in [5, 5.41) is 0. The highest BCUT2D eigenvalue weighted by Crippen LogP contribution is 2.44. The number of rotatable bonds is 5. The van der Waals surface area contributed by atoms with Gasteiger partial charge in [0.2, 0.25) is 0 Å². The highest BCUT2D eigenvalue weighted by Gasteiger charge is 2.46. The number of hydrogen-bond acceptors (Lipinski definition) is 3. The molecule has 112 valence electrons. The van der Waals surface area contributed by atoms with E-state index in [1.165, 1.54) is 44.9 Å². The lowest BCUT2D eigenvalue weighted by Crippen LogP contribution is -2.58. The minimum atomic E-state index is 0.00491. The van der Waals surface area contributed by atoms with E-state index in [9.17, 15) is 0 Å². The van der Waals surface area contributed by atoms with E-state index in [2.05, 4.69) is 26.2 Å². The molecule has 0 bridgehead atoms. The Morgan fingerprint density at radius 2 is 1.74 bits per heavy atom. The number of nitrogens with one attached hydrogen (secondary N) is 1. The van der Waals surface area contributed by atoms with Crippen LogP contribution in [0.4, 0.5) is 0 Å². The first-order valence-electron chi connectivity index (χ1n) is 8.21. The van der Waals surface area contributed by atoms with Crippen molar-refractivity contribution in [1.82, 2.24) is 5.43 Å². The van der Waals surface area contributed by atoms with Gasteiger partial charge in [-0.3, -0.25) is 11.3 Å². The van der Waals surface area contributed by atoms with Crippen molar-refractivity contribution >= 4 is 0 Å². The maximum Gasteiger partial charge on any atom is 0.0850 e. The van der Waals surface area contributed by atoms with Crippen LogP contribution in [0.3, 0.4) is 0 Å². The summed E-state index contributed by atoms with van der Waals surface area (Å²) < 4.78 is 6.22. The predicted molar refractivity (Wildman–Crippen MR) is 79.6 cm³/mol. The second-order valence-electron chi connectivity index (χ2n) is 7.03. The molecule has 3 unspecified atom stereocenters. The highest BCUT2D eigenvalue weighted by atomic mass is 16.5. The number of nitrogens with two attached hydrogens (primary N) is 1. The molecule has 19 heavy (non-hydrogen) atoms. The highest BCUT2D eigenvalue weighted by molar-refractivity contribution is 5.00. The summed E-state index contributed by atoms with van der Waals surface area (Å²) in [6.45, 7) is 7.69. The fourth-order valence-electron chi connectivity index (χ4n) is 4.80. The van der Waals surface area contributed by atoms with Gasteiger partial charge in [0.05, 0.1) is 11.6 Å². The van der Waals surface area contributed by atoms with Gasteiger partial charge < -0.3 is 4.74 Å². The van der Waals surface area contributed by atoms with Crippen molar-refractivity contribution in [3.63, 3.8) is 0 Å². The molecule has 0 saturated heterocycles. The van der Waals surface area contributed by atoms with E-state index in [1.807, 2.05) is 0 Å². The van der Waals surface area contributed by atoms with Crippen LogP contribution in [0.15, 0.2) is 0 Å². The summed E-state index contributed by atoms with van der Waals surface area (Å²) in [7, 11) is 0. The molecule has 0 radical (unpaired) electrons. The molecule has 0 amide bonds. The first kappa shape index (κ1) is 15.3. The summed E-state index contributed by atoms with van der Waals surface area (Å²) >= 11 is 0. The van der Waals surface area contributed by atoms with Crippen molar-refractivity contribution in [2.75, 3.05) is 6.61 Å². The Labute approximate surface area is 118 Å². The third-order valence-electron chi connectivity index (χ3n) is 5.31. The van der Waals surface area contributed by atoms with Crippen LogP contribution in [-0.2, 0) is 4.74 Å². The van der Waals surface area contributed by atoms with Gasteiger partial charge in [0.15, 0.2) is 0 Å². The molecule has 3 N–H and O–H groups in total. The van der Waals surface area contributed by atoms with Gasteiger partial charge in [-0.1, -0.05) is 26.7 Å². The van der Waals surface area contributed by atoms with E-state index in [4.69, 9.17) is 10.6 Å². The molecule has 0 aromatic carbocycles. The molecular formula is C16H32N2O. The number of hydrazine groups is 1. The first-order valence-corrected chi connectivity index (χ1v) is 8.21. The zero-order valence-electron chi connectivity index (χ0n) is 13.0. The van der Waals surface area contributed by atoms with Gasteiger partial charge in [0.1, 0.15) is 0 Å². The molecule has 2 aliphatic carbocycles. The lowest BCUT2D eigenvalue weighted by atomic mass is 9.69. The SMILES string of the molecule is CCOC1(C(NN)C2CC(C)CC(C)C2)CCCC1. The van der Waals surface area contributed by atoms with E-state index in [0.29, 0.717) is 12.0 Å². The number of ether oxygens (including phenoxy) is 1. The molecular weight excluding hydrogens is 236 g/mol. The van der Waals surface area contributed by atoms with Gasteiger partial charge in [-0.15, -0.1) is 0 Å². The average Bonchev–Trinajstić information content (AvgIpc) is 2.78. The topological polar surface area (TPSA) is 47.3 Å². The van der Waals surface area contributed by atoms with Crippen molar-refractivity contribution in [3.8, 4) is 0 Å². The Balaban J connectivity index is 2.12. The quantitative estimate of drug-likeness (QED) is 0.594. The van der Waals surface area contributed by atoms with Crippen LogP contribution in [0, 0.1) is 17.8 Å². The summed E-state index contributed by atoms with van der Waals surface area (Å²) in [5.41, 5.74) is 3.16. The van der Waals surface area contributed by atoms with Crippen LogP contribution in [0.2, 0.25) is 0 Å². The summed E-state index contributed by atoms with van der Waals surface area (Å²) in [6, 6.07) is 0.333. The van der Waals surface area contributed by atoms with E-state index < -0.39 is 0 Å². The molecule has 3 atom stereocenters. The molecule has 0 aromatic heterocycles. The lowest BCUT2D eigenvalue weighted by molar-refractivity contribution is -0.0830. The zero-order valence-corrected chi connectivity index (χ0v) is 13.0. The second kappa shape index (κ2) is 6.55. The summed E-state index contributed by atoms with van der Waals surface area (Å²) in [4.78, 5) is 0. The largest absolute Gasteiger partial charge is 0.374 e. The van der Waals surface area contributed by atoms with Crippen LogP contribution in [0.1, 0.15) is 65.7 Å². The Hall–Kier alpha value is -0.120. The van der Waals surface area contributed by atoms with Crippen LogP contribution in [0.25, 0.3) is 0 Å². The van der Waals surface area contributed by atoms with Crippen molar-refractivity contribution in [2.24, 2.45) is 23.6 Å². The molecule has 0 heterocycles. The Morgan fingerprint density at radius 3 is 2.21 bits per heavy atom. The monoisotopic (exact) mass is 268 g/mol. The molecule has 2 rings (SSSR count). The Kier molecular flexibility index (Phi) is 5.27. The molecule has 3 nitrogen and oxygen atoms in total. The van der Waals surface area contributed by atoms with Crippen molar-refractivity contribution < 1.29 is 4.74 Å². The van der Waals surface area contributed by atoms with Gasteiger partial charge in [-0.2, -0.15) is 0 Å². The van der Waals surface area contributed by atoms with E-state index >= 15 is 0 Å². The van der Waals surface area contributed by atoms with E-state index in [-0.39, 0.29) is 5.60 Å². The van der Waals surface area contributed by atoms with E-state index in [1.54, 1.807) is 0 Å². The Bertz CT molecular complexity index is 266. The minimum absolute atomic E-state index is 0.00491. The fraction of sp³-hybridized carbons (Fsp3) is 1.00. The lowest BCUT2D eigenvalue weighted by Gasteiger charge is -2.45. The van der Waals surface area contributed by atoms with E-state index in [0.717, 1.165) is 18.4 Å². The fourth-order valence-corrected chi connectivity index (χ4v) is 4.80. The zero-order chi connectivity index (χ0) is 13.9. The summed E-state index contributed by atoms with van der Waals surface area (Å²) in [5.74, 6) is 8.28. The smallest absolute Gasteiger partial charge is 0.0850 e. The van der Waals surface area contributed by atoms with Crippen molar-refractivity contribution in [1.29, 1.82) is 0 Å². The van der Waals surface area contributed by atoms with Crippen LogP contribution < -0.4 is 11.3 Å². The van der Waals surface area contributed by atoms with Gasteiger partial charge >= 0.3 is 0 Å². The van der Waals surface area contributed by atoms with Crippen LogP contribution in [-0.4, -0.2) is 18.2 Å². The van der Waals surface area contributed by atoms with Crippen LogP contribution >= 0.6 is 0 Å². The maximum absolute atomic E-state index is 6.22. The third kappa shape index (κ3) is 3.32. The predicted octanol–water partition coefficient (Wildman–Crippen LogP) is 3.24. The second-order valence-corrected chi connectivity index (χ2v) is 7.03. The standard InChI is InChI=1S/C16H32N2O/c1-4-19-16(7-5-6-8-16)15(18-17)14-10-12(2)9-13(3)11-14/h12-15,18H,4-11,17H2,1-3H3. The molecule has 0 spiro atoms. The van der Waals surface area contributed by atoms with Gasteiger partial charge in [-0.05, 0) is 56.8 Å². The normalized spacial score (nSPS) is 36.3.